The number of nitrogens with one attached hydrogen (secondary N) is 1. The summed E-state index contributed by atoms with van der Waals surface area (Å²) < 4.78 is 1.11. The smallest absolute Gasteiger partial charge is 0.0309 e. The summed E-state index contributed by atoms with van der Waals surface area (Å²) in [6, 6.07) is 0.681. The lowest BCUT2D eigenvalue weighted by molar-refractivity contribution is 0.0888. The van der Waals surface area contributed by atoms with Gasteiger partial charge in [0.25, 0.3) is 0 Å². The summed E-state index contributed by atoms with van der Waals surface area (Å²) in [7, 11) is 0. The first-order valence-electron chi connectivity index (χ1n) is 6.47. The molecule has 0 aromatic carbocycles. The van der Waals surface area contributed by atoms with Gasteiger partial charge in [-0.05, 0) is 19.3 Å². The van der Waals surface area contributed by atoms with Gasteiger partial charge < -0.3 is 5.32 Å². The van der Waals surface area contributed by atoms with E-state index in [1.165, 1.54) is 38.6 Å². The predicted octanol–water partition coefficient (Wildman–Crippen LogP) is 2.89. The third-order valence-electron chi connectivity index (χ3n) is 4.14. The van der Waals surface area contributed by atoms with E-state index in [2.05, 4.69) is 39.6 Å². The maximum absolute atomic E-state index is 3.99. The van der Waals surface area contributed by atoms with Crippen LogP contribution in [0.3, 0.4) is 0 Å². The third-order valence-corrected chi connectivity index (χ3v) is 4.39. The Hall–Kier alpha value is 0.140. The minimum absolute atomic E-state index is 0.425. The Kier molecular flexibility index (Phi) is 4.09. The minimum atomic E-state index is 0.425. The van der Waals surface area contributed by atoms with Gasteiger partial charge in [0.05, 0.1) is 0 Å². The third kappa shape index (κ3) is 2.69. The van der Waals surface area contributed by atoms with E-state index in [1.807, 2.05) is 0 Å². The van der Waals surface area contributed by atoms with Crippen LogP contribution in [-0.2, 0) is 0 Å². The molecule has 3 heteroatoms. The standard InChI is InChI=1S/C13H23BrN2/c1-3-12-8-15-13(6-4-5-7-13)10-16(12)9-11(2)14/h12,15H,2-10H2,1H3. The molecule has 1 spiro atoms. The summed E-state index contributed by atoms with van der Waals surface area (Å²) in [5.41, 5.74) is 0.425. The predicted molar refractivity (Wildman–Crippen MR) is 72.9 cm³/mol. The van der Waals surface area contributed by atoms with Crippen molar-refractivity contribution in [2.24, 2.45) is 0 Å². The molecule has 0 radical (unpaired) electrons. The zero-order valence-corrected chi connectivity index (χ0v) is 11.9. The van der Waals surface area contributed by atoms with Gasteiger partial charge in [0.15, 0.2) is 0 Å². The van der Waals surface area contributed by atoms with Gasteiger partial charge in [-0.25, -0.2) is 0 Å². The lowest BCUT2D eigenvalue weighted by Gasteiger charge is -2.46. The Morgan fingerprint density at radius 3 is 2.75 bits per heavy atom. The van der Waals surface area contributed by atoms with Gasteiger partial charge in [0, 0.05) is 35.7 Å². The fourth-order valence-electron chi connectivity index (χ4n) is 3.23. The van der Waals surface area contributed by atoms with Gasteiger partial charge in [-0.3, -0.25) is 4.90 Å². The highest BCUT2D eigenvalue weighted by Gasteiger charge is 2.40. The van der Waals surface area contributed by atoms with Crippen molar-refractivity contribution in [2.45, 2.75) is 50.6 Å². The van der Waals surface area contributed by atoms with Crippen molar-refractivity contribution in [1.82, 2.24) is 10.2 Å². The van der Waals surface area contributed by atoms with Crippen LogP contribution >= 0.6 is 15.9 Å². The van der Waals surface area contributed by atoms with Crippen LogP contribution in [0, 0.1) is 0 Å². The molecule has 0 aromatic heterocycles. The number of halogens is 1. The van der Waals surface area contributed by atoms with Crippen molar-refractivity contribution in [3.63, 3.8) is 0 Å². The fourth-order valence-corrected chi connectivity index (χ4v) is 3.55. The molecule has 1 aliphatic carbocycles. The Morgan fingerprint density at radius 2 is 2.19 bits per heavy atom. The van der Waals surface area contributed by atoms with Crippen molar-refractivity contribution >= 4 is 15.9 Å². The van der Waals surface area contributed by atoms with E-state index in [1.54, 1.807) is 0 Å². The summed E-state index contributed by atoms with van der Waals surface area (Å²) in [6.45, 7) is 9.62. The molecule has 1 heterocycles. The Labute approximate surface area is 108 Å². The summed E-state index contributed by atoms with van der Waals surface area (Å²) in [5.74, 6) is 0. The summed E-state index contributed by atoms with van der Waals surface area (Å²) in [4.78, 5) is 2.61. The molecule has 1 saturated heterocycles. The van der Waals surface area contributed by atoms with Crippen LogP contribution < -0.4 is 5.32 Å². The second kappa shape index (κ2) is 5.19. The molecule has 1 N–H and O–H groups in total. The zero-order valence-electron chi connectivity index (χ0n) is 10.3. The first-order valence-corrected chi connectivity index (χ1v) is 7.27. The van der Waals surface area contributed by atoms with Gasteiger partial charge in [0.2, 0.25) is 0 Å². The monoisotopic (exact) mass is 286 g/mol. The number of rotatable bonds is 3. The van der Waals surface area contributed by atoms with Crippen LogP contribution in [0.15, 0.2) is 11.1 Å². The molecule has 0 amide bonds. The van der Waals surface area contributed by atoms with E-state index < -0.39 is 0 Å². The molecule has 2 aliphatic rings. The lowest BCUT2D eigenvalue weighted by atomic mass is 9.91. The molecule has 1 atom stereocenters. The SMILES string of the molecule is C=C(Br)CN1CC2(CCCC2)NCC1CC. The molecule has 92 valence electrons. The second-order valence-corrected chi connectivity index (χ2v) is 6.47. The van der Waals surface area contributed by atoms with Gasteiger partial charge in [-0.2, -0.15) is 0 Å². The second-order valence-electron chi connectivity index (χ2n) is 5.35. The highest BCUT2D eigenvalue weighted by Crippen LogP contribution is 2.33. The van der Waals surface area contributed by atoms with E-state index in [0.29, 0.717) is 11.6 Å². The van der Waals surface area contributed by atoms with Crippen molar-refractivity contribution in [3.8, 4) is 0 Å². The average Bonchev–Trinajstić information content (AvgIpc) is 2.66. The Balaban J connectivity index is 2.02. The first-order chi connectivity index (χ1) is 7.65. The average molecular weight is 287 g/mol. The van der Waals surface area contributed by atoms with E-state index in [9.17, 15) is 0 Å². The van der Waals surface area contributed by atoms with Crippen LogP contribution in [0.1, 0.15) is 39.0 Å². The minimum Gasteiger partial charge on any atom is -0.308 e. The van der Waals surface area contributed by atoms with E-state index in [4.69, 9.17) is 0 Å². The number of piperazine rings is 1. The normalized spacial score (nSPS) is 29.8. The first kappa shape index (κ1) is 12.6. The molecule has 16 heavy (non-hydrogen) atoms. The molecule has 0 bridgehead atoms. The van der Waals surface area contributed by atoms with Crippen molar-refractivity contribution in [2.75, 3.05) is 19.6 Å². The van der Waals surface area contributed by atoms with Crippen LogP contribution in [0.5, 0.6) is 0 Å². The van der Waals surface area contributed by atoms with E-state index in [0.717, 1.165) is 17.6 Å². The van der Waals surface area contributed by atoms with E-state index >= 15 is 0 Å². The van der Waals surface area contributed by atoms with Crippen LogP contribution in [0.4, 0.5) is 0 Å². The van der Waals surface area contributed by atoms with Crippen molar-refractivity contribution in [1.29, 1.82) is 0 Å². The van der Waals surface area contributed by atoms with Crippen LogP contribution in [-0.4, -0.2) is 36.1 Å². The quantitative estimate of drug-likeness (QED) is 0.858. The number of hydrogen-bond acceptors (Lipinski definition) is 2. The number of nitrogens with zero attached hydrogens (tertiary/aromatic N) is 1. The van der Waals surface area contributed by atoms with Crippen LogP contribution in [0.25, 0.3) is 0 Å². The summed E-state index contributed by atoms with van der Waals surface area (Å²) in [5, 5.41) is 3.81. The topological polar surface area (TPSA) is 15.3 Å². The molecular weight excluding hydrogens is 264 g/mol. The maximum Gasteiger partial charge on any atom is 0.0309 e. The molecule has 0 aromatic rings. The lowest BCUT2D eigenvalue weighted by Crippen LogP contribution is -2.63. The number of hydrogen-bond donors (Lipinski definition) is 1. The molecule has 2 fully saturated rings. The molecule has 1 unspecified atom stereocenters. The summed E-state index contributed by atoms with van der Waals surface area (Å²) >= 11 is 3.51. The van der Waals surface area contributed by atoms with Gasteiger partial charge >= 0.3 is 0 Å². The van der Waals surface area contributed by atoms with Crippen molar-refractivity contribution in [3.05, 3.63) is 11.1 Å². The van der Waals surface area contributed by atoms with Gasteiger partial charge in [0.1, 0.15) is 0 Å². The van der Waals surface area contributed by atoms with Crippen molar-refractivity contribution < 1.29 is 0 Å². The molecular formula is C13H23BrN2. The molecule has 1 aliphatic heterocycles. The maximum atomic E-state index is 3.99. The van der Waals surface area contributed by atoms with Gasteiger partial charge in [-0.1, -0.05) is 42.3 Å². The highest BCUT2D eigenvalue weighted by atomic mass is 79.9. The van der Waals surface area contributed by atoms with Gasteiger partial charge in [-0.15, -0.1) is 0 Å². The highest BCUT2D eigenvalue weighted by molar-refractivity contribution is 9.11. The fraction of sp³-hybridized carbons (Fsp3) is 0.846. The summed E-state index contributed by atoms with van der Waals surface area (Å²) in [6.07, 6.45) is 6.73. The van der Waals surface area contributed by atoms with E-state index in [-0.39, 0.29) is 0 Å². The Morgan fingerprint density at radius 1 is 1.50 bits per heavy atom. The Bertz CT molecular complexity index is 259. The largest absolute Gasteiger partial charge is 0.308 e. The molecule has 2 rings (SSSR count). The molecule has 1 saturated carbocycles. The molecule has 2 nitrogen and oxygen atoms in total. The van der Waals surface area contributed by atoms with Crippen LogP contribution in [0.2, 0.25) is 0 Å². The zero-order chi connectivity index (χ0) is 11.6.